The van der Waals surface area contributed by atoms with E-state index in [0.717, 1.165) is 16.6 Å². The van der Waals surface area contributed by atoms with E-state index in [1.165, 1.54) is 12.1 Å². The van der Waals surface area contributed by atoms with Gasteiger partial charge in [0.25, 0.3) is 0 Å². The molecule has 0 spiro atoms. The van der Waals surface area contributed by atoms with Crippen LogP contribution in [-0.2, 0) is 6.54 Å². The summed E-state index contributed by atoms with van der Waals surface area (Å²) in [5.74, 6) is 1.12. The van der Waals surface area contributed by atoms with Crippen molar-refractivity contribution in [1.82, 2.24) is 9.55 Å². The van der Waals surface area contributed by atoms with Gasteiger partial charge in [0.2, 0.25) is 0 Å². The van der Waals surface area contributed by atoms with Crippen molar-refractivity contribution in [3.05, 3.63) is 89.2 Å². The van der Waals surface area contributed by atoms with E-state index < -0.39 is 6.36 Å². The van der Waals surface area contributed by atoms with Crippen LogP contribution in [0.25, 0.3) is 11.0 Å². The number of aromatic nitrogens is 2. The predicted octanol–water partition coefficient (Wildman–Crippen LogP) is 6.78. The molecule has 3 aromatic carbocycles. The molecule has 0 aliphatic rings. The molecule has 1 atom stereocenters. The second-order valence-corrected chi connectivity index (χ2v) is 7.39. The van der Waals surface area contributed by atoms with Crippen LogP contribution in [0.5, 0.6) is 11.5 Å². The van der Waals surface area contributed by atoms with E-state index in [1.54, 1.807) is 18.2 Å². The summed E-state index contributed by atoms with van der Waals surface area (Å²) in [6, 6.07) is 20.5. The van der Waals surface area contributed by atoms with Gasteiger partial charge in [-0.25, -0.2) is 4.98 Å². The van der Waals surface area contributed by atoms with Gasteiger partial charge in [0.1, 0.15) is 11.5 Å². The molecule has 0 aliphatic carbocycles. The number of hydrogen-bond donors (Lipinski definition) is 0. The number of alkyl halides is 3. The van der Waals surface area contributed by atoms with Crippen LogP contribution in [0.4, 0.5) is 13.2 Å². The van der Waals surface area contributed by atoms with Gasteiger partial charge in [-0.3, -0.25) is 0 Å². The lowest BCUT2D eigenvalue weighted by Gasteiger charge is -2.17. The second kappa shape index (κ2) is 8.51. The molecule has 0 saturated carbocycles. The normalized spacial score (nSPS) is 12.7. The van der Waals surface area contributed by atoms with Gasteiger partial charge in [0.05, 0.1) is 11.0 Å². The fourth-order valence-electron chi connectivity index (χ4n) is 3.33. The number of halogens is 4. The molecule has 1 heterocycles. The summed E-state index contributed by atoms with van der Waals surface area (Å²) in [4.78, 5) is 4.72. The molecule has 4 nitrogen and oxygen atoms in total. The molecular formula is C23H18ClF3N2O2. The first-order chi connectivity index (χ1) is 14.8. The fraction of sp³-hybridized carbons (Fsp3) is 0.174. The Kier molecular flexibility index (Phi) is 5.78. The predicted molar refractivity (Wildman–Crippen MR) is 112 cm³/mol. The molecule has 0 radical (unpaired) electrons. The first-order valence-electron chi connectivity index (χ1n) is 9.50. The number of rotatable bonds is 6. The van der Waals surface area contributed by atoms with E-state index in [2.05, 4.69) is 4.74 Å². The SMILES string of the molecule is CC(Oc1ccccc1)c1nc2ccc(Cl)cc2n1Cc1ccc(OC(F)(F)F)cc1. The van der Waals surface area contributed by atoms with Crippen molar-refractivity contribution in [3.63, 3.8) is 0 Å². The number of para-hydroxylation sites is 1. The third-order valence-corrected chi connectivity index (χ3v) is 4.89. The monoisotopic (exact) mass is 446 g/mol. The van der Waals surface area contributed by atoms with Crippen molar-refractivity contribution >= 4 is 22.6 Å². The molecule has 1 unspecified atom stereocenters. The van der Waals surface area contributed by atoms with Crippen LogP contribution in [0.15, 0.2) is 72.8 Å². The van der Waals surface area contributed by atoms with E-state index in [4.69, 9.17) is 21.3 Å². The van der Waals surface area contributed by atoms with Crippen molar-refractivity contribution in [1.29, 1.82) is 0 Å². The van der Waals surface area contributed by atoms with Crippen molar-refractivity contribution in [2.45, 2.75) is 25.9 Å². The molecule has 4 aromatic rings. The van der Waals surface area contributed by atoms with Crippen molar-refractivity contribution in [2.24, 2.45) is 0 Å². The molecule has 31 heavy (non-hydrogen) atoms. The average molecular weight is 447 g/mol. The first-order valence-corrected chi connectivity index (χ1v) is 9.88. The van der Waals surface area contributed by atoms with Crippen LogP contribution in [0.3, 0.4) is 0 Å². The number of hydrogen-bond acceptors (Lipinski definition) is 3. The van der Waals surface area contributed by atoms with Gasteiger partial charge in [0, 0.05) is 11.6 Å². The van der Waals surface area contributed by atoms with E-state index in [9.17, 15) is 13.2 Å². The molecule has 0 amide bonds. The Morgan fingerprint density at radius 1 is 0.968 bits per heavy atom. The Bertz CT molecular complexity index is 1180. The lowest BCUT2D eigenvalue weighted by Crippen LogP contribution is -2.17. The van der Waals surface area contributed by atoms with E-state index >= 15 is 0 Å². The third kappa shape index (κ3) is 5.11. The maximum absolute atomic E-state index is 12.4. The second-order valence-electron chi connectivity index (χ2n) is 6.95. The van der Waals surface area contributed by atoms with Gasteiger partial charge in [-0.05, 0) is 55.0 Å². The Morgan fingerprint density at radius 2 is 1.68 bits per heavy atom. The highest BCUT2D eigenvalue weighted by molar-refractivity contribution is 6.31. The number of imidazole rings is 1. The quantitative estimate of drug-likeness (QED) is 0.327. The van der Waals surface area contributed by atoms with Crippen LogP contribution in [0.2, 0.25) is 5.02 Å². The number of fused-ring (bicyclic) bond motifs is 1. The van der Waals surface area contributed by atoms with Gasteiger partial charge in [-0.2, -0.15) is 0 Å². The molecule has 4 rings (SSSR count). The molecule has 0 N–H and O–H groups in total. The summed E-state index contributed by atoms with van der Waals surface area (Å²) in [5.41, 5.74) is 2.34. The average Bonchev–Trinajstić information content (AvgIpc) is 3.07. The Labute approximate surface area is 181 Å². The van der Waals surface area contributed by atoms with Gasteiger partial charge in [-0.15, -0.1) is 13.2 Å². The first kappa shape index (κ1) is 21.1. The molecular weight excluding hydrogens is 429 g/mol. The standard InChI is InChI=1S/C23H18ClF3N2O2/c1-15(30-18-5-3-2-4-6-18)22-28-20-12-9-17(24)13-21(20)29(22)14-16-7-10-19(11-8-16)31-23(25,26)27/h2-13,15H,14H2,1H3. The van der Waals surface area contributed by atoms with Crippen LogP contribution >= 0.6 is 11.6 Å². The topological polar surface area (TPSA) is 36.3 Å². The van der Waals surface area contributed by atoms with Gasteiger partial charge < -0.3 is 14.0 Å². The molecule has 8 heteroatoms. The van der Waals surface area contributed by atoms with E-state index in [1.807, 2.05) is 54.0 Å². The highest BCUT2D eigenvalue weighted by atomic mass is 35.5. The summed E-state index contributed by atoms with van der Waals surface area (Å²) < 4.78 is 49.2. The smallest absolute Gasteiger partial charge is 0.483 e. The molecule has 0 bridgehead atoms. The summed E-state index contributed by atoms with van der Waals surface area (Å²) in [7, 11) is 0. The molecule has 160 valence electrons. The largest absolute Gasteiger partial charge is 0.573 e. The molecule has 0 saturated heterocycles. The van der Waals surface area contributed by atoms with E-state index in [0.29, 0.717) is 23.1 Å². The van der Waals surface area contributed by atoms with Crippen molar-refractivity contribution in [2.75, 3.05) is 0 Å². The lowest BCUT2D eigenvalue weighted by atomic mass is 10.2. The maximum atomic E-state index is 12.4. The van der Waals surface area contributed by atoms with Crippen molar-refractivity contribution in [3.8, 4) is 11.5 Å². The van der Waals surface area contributed by atoms with E-state index in [-0.39, 0.29) is 11.9 Å². The zero-order valence-corrected chi connectivity index (χ0v) is 17.2. The van der Waals surface area contributed by atoms with Gasteiger partial charge >= 0.3 is 6.36 Å². The molecule has 0 fully saturated rings. The summed E-state index contributed by atoms with van der Waals surface area (Å²) in [5, 5.41) is 0.561. The molecule has 1 aromatic heterocycles. The maximum Gasteiger partial charge on any atom is 0.573 e. The molecule has 0 aliphatic heterocycles. The number of benzene rings is 3. The highest BCUT2D eigenvalue weighted by Gasteiger charge is 2.31. The number of nitrogens with zero attached hydrogens (tertiary/aromatic N) is 2. The summed E-state index contributed by atoms with van der Waals surface area (Å²) >= 11 is 6.20. The fourth-order valence-corrected chi connectivity index (χ4v) is 3.49. The summed E-state index contributed by atoms with van der Waals surface area (Å²) in [6.45, 7) is 2.27. The minimum Gasteiger partial charge on any atom is -0.483 e. The summed E-state index contributed by atoms with van der Waals surface area (Å²) in [6.07, 6.45) is -5.10. The minimum absolute atomic E-state index is 0.268. The van der Waals surface area contributed by atoms with Crippen LogP contribution < -0.4 is 9.47 Å². The van der Waals surface area contributed by atoms with Crippen LogP contribution in [-0.4, -0.2) is 15.9 Å². The van der Waals surface area contributed by atoms with Crippen LogP contribution in [0, 0.1) is 0 Å². The van der Waals surface area contributed by atoms with Crippen molar-refractivity contribution < 1.29 is 22.6 Å². The Hall–Kier alpha value is -3.19. The van der Waals surface area contributed by atoms with Gasteiger partial charge in [-0.1, -0.05) is 41.9 Å². The minimum atomic E-state index is -4.73. The van der Waals surface area contributed by atoms with Gasteiger partial charge in [0.15, 0.2) is 11.9 Å². The zero-order chi connectivity index (χ0) is 22.0. The zero-order valence-electron chi connectivity index (χ0n) is 16.4. The Balaban J connectivity index is 1.67. The number of ether oxygens (including phenoxy) is 2. The lowest BCUT2D eigenvalue weighted by molar-refractivity contribution is -0.274. The highest BCUT2D eigenvalue weighted by Crippen LogP contribution is 2.29. The Morgan fingerprint density at radius 3 is 2.35 bits per heavy atom. The third-order valence-electron chi connectivity index (χ3n) is 4.66. The van der Waals surface area contributed by atoms with Crippen LogP contribution in [0.1, 0.15) is 24.4 Å².